The van der Waals surface area contributed by atoms with E-state index < -0.39 is 10.8 Å². The van der Waals surface area contributed by atoms with Crippen molar-refractivity contribution in [1.29, 1.82) is 0 Å². The molecule has 2 unspecified atom stereocenters. The van der Waals surface area contributed by atoms with E-state index in [1.54, 1.807) is 4.90 Å². The van der Waals surface area contributed by atoms with Crippen LogP contribution in [0.3, 0.4) is 0 Å². The van der Waals surface area contributed by atoms with Crippen LogP contribution >= 0.6 is 0 Å². The van der Waals surface area contributed by atoms with E-state index in [-0.39, 0.29) is 17.7 Å². The number of carbonyl (C=O) groups is 1. The zero-order chi connectivity index (χ0) is 14.7. The number of hydrogen-bond donors (Lipinski definition) is 1. The van der Waals surface area contributed by atoms with Crippen LogP contribution in [0.25, 0.3) is 0 Å². The maximum atomic E-state index is 12.4. The van der Waals surface area contributed by atoms with Gasteiger partial charge in [0.1, 0.15) is 4.92 Å². The first kappa shape index (κ1) is 14.5. The Morgan fingerprint density at radius 3 is 2.85 bits per heavy atom. The van der Waals surface area contributed by atoms with Crippen molar-refractivity contribution in [2.75, 3.05) is 13.1 Å². The van der Waals surface area contributed by atoms with Crippen molar-refractivity contribution in [1.82, 2.24) is 4.90 Å². The largest absolute Gasteiger partial charge is 0.433 e. The number of amides is 1. The van der Waals surface area contributed by atoms with Gasteiger partial charge in [0.25, 0.3) is 5.91 Å². The molecule has 0 aliphatic heterocycles. The van der Waals surface area contributed by atoms with Crippen LogP contribution < -0.4 is 5.73 Å². The molecule has 2 atom stereocenters. The van der Waals surface area contributed by atoms with Gasteiger partial charge in [-0.05, 0) is 38.3 Å². The van der Waals surface area contributed by atoms with E-state index in [1.165, 1.54) is 12.1 Å². The normalized spacial score (nSPS) is 21.9. The molecule has 1 aliphatic rings. The van der Waals surface area contributed by atoms with Crippen LogP contribution in [0.2, 0.25) is 0 Å². The lowest BCUT2D eigenvalue weighted by Gasteiger charge is -2.31. The van der Waals surface area contributed by atoms with Crippen LogP contribution in [-0.4, -0.2) is 34.9 Å². The fourth-order valence-corrected chi connectivity index (χ4v) is 2.91. The van der Waals surface area contributed by atoms with Crippen molar-refractivity contribution in [3.8, 4) is 0 Å². The van der Waals surface area contributed by atoms with Gasteiger partial charge in [-0.3, -0.25) is 14.9 Å². The number of hydrogen-bond acceptors (Lipinski definition) is 5. The molecule has 1 amide bonds. The monoisotopic (exact) mass is 281 g/mol. The summed E-state index contributed by atoms with van der Waals surface area (Å²) < 4.78 is 5.00. The predicted octanol–water partition coefficient (Wildman–Crippen LogP) is 1.78. The van der Waals surface area contributed by atoms with E-state index in [0.29, 0.717) is 19.0 Å². The van der Waals surface area contributed by atoms with E-state index >= 15 is 0 Å². The third-order valence-corrected chi connectivity index (χ3v) is 3.91. The van der Waals surface area contributed by atoms with Crippen LogP contribution in [0.5, 0.6) is 0 Å². The zero-order valence-corrected chi connectivity index (χ0v) is 11.4. The molecule has 7 nitrogen and oxygen atoms in total. The third-order valence-electron chi connectivity index (χ3n) is 3.91. The molecule has 20 heavy (non-hydrogen) atoms. The molecule has 0 aromatic carbocycles. The molecular formula is C13H19N3O4. The van der Waals surface area contributed by atoms with Gasteiger partial charge in [-0.25, -0.2) is 0 Å². The lowest BCUT2D eigenvalue weighted by Crippen LogP contribution is -2.44. The molecule has 0 radical (unpaired) electrons. The maximum Gasteiger partial charge on any atom is 0.433 e. The van der Waals surface area contributed by atoms with Crippen molar-refractivity contribution in [3.05, 3.63) is 28.0 Å². The average Bonchev–Trinajstić information content (AvgIpc) is 3.08. The molecule has 1 aromatic rings. The minimum atomic E-state index is -0.647. The molecule has 0 saturated heterocycles. The fraction of sp³-hybridized carbons (Fsp3) is 0.615. The Labute approximate surface area is 116 Å². The van der Waals surface area contributed by atoms with E-state index in [1.807, 2.05) is 6.92 Å². The molecule has 7 heteroatoms. The molecule has 1 aliphatic carbocycles. The summed E-state index contributed by atoms with van der Waals surface area (Å²) in [5.74, 6) is -0.401. The number of furan rings is 1. The van der Waals surface area contributed by atoms with Gasteiger partial charge < -0.3 is 15.1 Å². The Hall–Kier alpha value is -1.89. The summed E-state index contributed by atoms with van der Waals surface area (Å²) in [5.41, 5.74) is 5.75. The lowest BCUT2D eigenvalue weighted by atomic mass is 10.0. The minimum Gasteiger partial charge on any atom is -0.395 e. The summed E-state index contributed by atoms with van der Waals surface area (Å²) in [4.78, 5) is 24.1. The number of nitrogens with two attached hydrogens (primary N) is 1. The topological polar surface area (TPSA) is 103 Å². The maximum absolute atomic E-state index is 12.4. The molecule has 1 saturated carbocycles. The smallest absolute Gasteiger partial charge is 0.395 e. The second-order valence-corrected chi connectivity index (χ2v) is 4.98. The Morgan fingerprint density at radius 2 is 2.30 bits per heavy atom. The Morgan fingerprint density at radius 1 is 1.55 bits per heavy atom. The molecule has 0 spiro atoms. The number of nitro groups is 1. The van der Waals surface area contributed by atoms with Gasteiger partial charge in [0, 0.05) is 12.6 Å². The van der Waals surface area contributed by atoms with Crippen molar-refractivity contribution in [2.24, 2.45) is 11.7 Å². The van der Waals surface area contributed by atoms with Crippen molar-refractivity contribution in [3.63, 3.8) is 0 Å². The molecule has 0 bridgehead atoms. The van der Waals surface area contributed by atoms with E-state index in [9.17, 15) is 14.9 Å². The second kappa shape index (κ2) is 6.04. The fourth-order valence-electron chi connectivity index (χ4n) is 2.91. The number of rotatable bonds is 5. The molecule has 1 aromatic heterocycles. The summed E-state index contributed by atoms with van der Waals surface area (Å²) in [7, 11) is 0. The first-order valence-electron chi connectivity index (χ1n) is 6.83. The number of carbonyl (C=O) groups excluding carboxylic acids is 1. The standard InChI is InChI=1S/C13H19N3O4/c1-2-15(10-5-3-4-9(10)8-14)13(17)11-6-7-12(20-11)16(18)19/h6-7,9-10H,2-5,8,14H2,1H3. The second-order valence-electron chi connectivity index (χ2n) is 4.98. The molecule has 2 rings (SSSR count). The molecule has 1 fully saturated rings. The van der Waals surface area contributed by atoms with Gasteiger partial charge >= 0.3 is 5.88 Å². The molecule has 110 valence electrons. The highest BCUT2D eigenvalue weighted by molar-refractivity contribution is 5.92. The van der Waals surface area contributed by atoms with Gasteiger partial charge in [0.05, 0.1) is 6.07 Å². The van der Waals surface area contributed by atoms with Crippen LogP contribution in [0.4, 0.5) is 5.88 Å². The summed E-state index contributed by atoms with van der Waals surface area (Å²) in [6, 6.07) is 2.66. The molecule has 2 N–H and O–H groups in total. The van der Waals surface area contributed by atoms with Crippen molar-refractivity contribution in [2.45, 2.75) is 32.2 Å². The van der Waals surface area contributed by atoms with Crippen LogP contribution in [0.1, 0.15) is 36.7 Å². The quantitative estimate of drug-likeness (QED) is 0.654. The highest BCUT2D eigenvalue weighted by atomic mass is 16.6. The summed E-state index contributed by atoms with van der Waals surface area (Å²) in [6.07, 6.45) is 2.99. The minimum absolute atomic E-state index is 0.0150. The van der Waals surface area contributed by atoms with Gasteiger partial charge in [0.2, 0.25) is 0 Å². The molecular weight excluding hydrogens is 262 g/mol. The first-order chi connectivity index (χ1) is 9.58. The highest BCUT2D eigenvalue weighted by Gasteiger charge is 2.34. The number of nitrogens with zero attached hydrogens (tertiary/aromatic N) is 2. The zero-order valence-electron chi connectivity index (χ0n) is 11.4. The van der Waals surface area contributed by atoms with E-state index in [2.05, 4.69) is 0 Å². The summed E-state index contributed by atoms with van der Waals surface area (Å²) >= 11 is 0. The summed E-state index contributed by atoms with van der Waals surface area (Å²) in [6.45, 7) is 2.97. The van der Waals surface area contributed by atoms with Crippen LogP contribution in [0, 0.1) is 16.0 Å². The Bertz CT molecular complexity index is 500. The van der Waals surface area contributed by atoms with Crippen molar-refractivity contribution < 1.29 is 14.1 Å². The summed E-state index contributed by atoms with van der Waals surface area (Å²) in [5, 5.41) is 10.6. The first-order valence-corrected chi connectivity index (χ1v) is 6.83. The van der Waals surface area contributed by atoms with Crippen LogP contribution in [-0.2, 0) is 0 Å². The van der Waals surface area contributed by atoms with Gasteiger partial charge in [-0.1, -0.05) is 6.42 Å². The van der Waals surface area contributed by atoms with Gasteiger partial charge in [-0.2, -0.15) is 0 Å². The third kappa shape index (κ3) is 2.67. The average molecular weight is 281 g/mol. The van der Waals surface area contributed by atoms with E-state index in [4.69, 9.17) is 10.2 Å². The van der Waals surface area contributed by atoms with Crippen LogP contribution in [0.15, 0.2) is 16.5 Å². The highest BCUT2D eigenvalue weighted by Crippen LogP contribution is 2.30. The van der Waals surface area contributed by atoms with Gasteiger partial charge in [0.15, 0.2) is 5.76 Å². The van der Waals surface area contributed by atoms with Crippen molar-refractivity contribution >= 4 is 11.8 Å². The lowest BCUT2D eigenvalue weighted by molar-refractivity contribution is -0.402. The Kier molecular flexibility index (Phi) is 4.39. The van der Waals surface area contributed by atoms with E-state index in [0.717, 1.165) is 19.3 Å². The Balaban J connectivity index is 2.17. The molecule has 1 heterocycles. The SMILES string of the molecule is CCN(C(=O)c1ccc([N+](=O)[O-])o1)C1CCCC1CN. The van der Waals surface area contributed by atoms with Gasteiger partial charge in [-0.15, -0.1) is 0 Å². The predicted molar refractivity (Wildman–Crippen MR) is 72.3 cm³/mol.